The number of ether oxygens (including phenoxy) is 1. The highest BCUT2D eigenvalue weighted by Crippen LogP contribution is 2.24. The summed E-state index contributed by atoms with van der Waals surface area (Å²) in [5.74, 6) is 0.512. The molecule has 1 fully saturated rings. The quantitative estimate of drug-likeness (QED) is 0.837. The van der Waals surface area contributed by atoms with Crippen LogP contribution in [0.4, 0.5) is 4.79 Å². The first kappa shape index (κ1) is 15.8. The minimum atomic E-state index is -0.423. The first-order chi connectivity index (χ1) is 9.76. The molecule has 0 saturated carbocycles. The lowest BCUT2D eigenvalue weighted by molar-refractivity contribution is 0.0288. The summed E-state index contributed by atoms with van der Waals surface area (Å²) in [6, 6.07) is 2.10. The summed E-state index contributed by atoms with van der Waals surface area (Å²) in [5, 5.41) is 0. The Morgan fingerprint density at radius 1 is 1.43 bits per heavy atom. The summed E-state index contributed by atoms with van der Waals surface area (Å²) in [6.07, 6.45) is 3.74. The Bertz CT molecular complexity index is 520. The van der Waals surface area contributed by atoms with E-state index in [1.165, 1.54) is 11.1 Å². The number of carbonyl (C=O) groups excluding carboxylic acids is 1. The molecule has 4 heteroatoms. The minimum absolute atomic E-state index is 0.187. The number of aromatic nitrogens is 1. The standard InChI is InChI=1S/C17H26N2O2/c1-12-13(2)18-8-6-15(12)10-14-7-9-19(11-14)16(20)21-17(3,4)5/h6,8,14H,7,9-11H2,1-5H3. The average Bonchev–Trinajstić information content (AvgIpc) is 2.82. The van der Waals surface area contributed by atoms with Crippen molar-refractivity contribution in [2.45, 2.75) is 53.1 Å². The lowest BCUT2D eigenvalue weighted by atomic mass is 9.95. The summed E-state index contributed by atoms with van der Waals surface area (Å²) < 4.78 is 5.44. The third kappa shape index (κ3) is 4.19. The molecule has 116 valence electrons. The molecule has 2 rings (SSSR count). The SMILES string of the molecule is Cc1nccc(CC2CCN(C(=O)OC(C)(C)C)C2)c1C. The van der Waals surface area contributed by atoms with Crippen molar-refractivity contribution < 1.29 is 9.53 Å². The average molecular weight is 290 g/mol. The molecule has 1 aliphatic heterocycles. The van der Waals surface area contributed by atoms with E-state index in [1.54, 1.807) is 0 Å². The predicted octanol–water partition coefficient (Wildman–Crippen LogP) is 3.50. The second-order valence-electron chi connectivity index (χ2n) is 6.97. The zero-order valence-electron chi connectivity index (χ0n) is 13.8. The van der Waals surface area contributed by atoms with Crippen molar-refractivity contribution in [3.05, 3.63) is 29.1 Å². The van der Waals surface area contributed by atoms with Crippen LogP contribution in [0.3, 0.4) is 0 Å². The molecular weight excluding hydrogens is 264 g/mol. The number of hydrogen-bond donors (Lipinski definition) is 0. The molecule has 0 aromatic carbocycles. The highest BCUT2D eigenvalue weighted by molar-refractivity contribution is 5.68. The third-order valence-corrected chi connectivity index (χ3v) is 4.01. The number of rotatable bonds is 2. The molecule has 1 aromatic rings. The molecule has 1 saturated heterocycles. The van der Waals surface area contributed by atoms with Gasteiger partial charge in [-0.3, -0.25) is 4.98 Å². The molecule has 0 radical (unpaired) electrons. The van der Waals surface area contributed by atoms with Crippen LogP contribution in [0.15, 0.2) is 12.3 Å². The fraction of sp³-hybridized carbons (Fsp3) is 0.647. The Balaban J connectivity index is 1.94. The van der Waals surface area contributed by atoms with E-state index in [2.05, 4.69) is 18.0 Å². The van der Waals surface area contributed by atoms with Crippen LogP contribution in [-0.2, 0) is 11.2 Å². The molecule has 1 atom stereocenters. The zero-order valence-corrected chi connectivity index (χ0v) is 13.8. The van der Waals surface area contributed by atoms with Crippen molar-refractivity contribution in [3.8, 4) is 0 Å². The van der Waals surface area contributed by atoms with Crippen molar-refractivity contribution in [2.75, 3.05) is 13.1 Å². The first-order valence-electron chi connectivity index (χ1n) is 7.65. The third-order valence-electron chi connectivity index (χ3n) is 4.01. The van der Waals surface area contributed by atoms with Gasteiger partial charge in [-0.05, 0) is 70.6 Å². The summed E-state index contributed by atoms with van der Waals surface area (Å²) in [4.78, 5) is 18.2. The molecule has 1 amide bonds. The van der Waals surface area contributed by atoms with E-state index < -0.39 is 5.60 Å². The van der Waals surface area contributed by atoms with Gasteiger partial charge in [0.05, 0.1) is 0 Å². The van der Waals surface area contributed by atoms with Gasteiger partial charge in [-0.25, -0.2) is 4.79 Å². The highest BCUT2D eigenvalue weighted by atomic mass is 16.6. The molecule has 1 aliphatic rings. The maximum Gasteiger partial charge on any atom is 0.410 e. The van der Waals surface area contributed by atoms with Crippen molar-refractivity contribution in [1.82, 2.24) is 9.88 Å². The van der Waals surface area contributed by atoms with E-state index in [1.807, 2.05) is 38.8 Å². The van der Waals surface area contributed by atoms with Gasteiger partial charge >= 0.3 is 6.09 Å². The smallest absolute Gasteiger partial charge is 0.410 e. The fourth-order valence-electron chi connectivity index (χ4n) is 2.72. The van der Waals surface area contributed by atoms with Gasteiger partial charge in [0, 0.05) is 25.0 Å². The largest absolute Gasteiger partial charge is 0.444 e. The monoisotopic (exact) mass is 290 g/mol. The normalized spacial score (nSPS) is 18.9. The Hall–Kier alpha value is -1.58. The summed E-state index contributed by atoms with van der Waals surface area (Å²) >= 11 is 0. The fourth-order valence-corrected chi connectivity index (χ4v) is 2.72. The van der Waals surface area contributed by atoms with Crippen LogP contribution in [0.5, 0.6) is 0 Å². The molecule has 0 aliphatic carbocycles. The van der Waals surface area contributed by atoms with Crippen molar-refractivity contribution >= 4 is 6.09 Å². The van der Waals surface area contributed by atoms with Crippen LogP contribution in [0, 0.1) is 19.8 Å². The van der Waals surface area contributed by atoms with Crippen LogP contribution in [0.25, 0.3) is 0 Å². The molecule has 0 N–H and O–H groups in total. The molecule has 2 heterocycles. The molecule has 1 unspecified atom stereocenters. The Kier molecular flexibility index (Phi) is 4.55. The number of carbonyl (C=O) groups is 1. The van der Waals surface area contributed by atoms with E-state index in [0.29, 0.717) is 5.92 Å². The number of pyridine rings is 1. The molecule has 4 nitrogen and oxygen atoms in total. The summed E-state index contributed by atoms with van der Waals surface area (Å²) in [6.45, 7) is 11.5. The van der Waals surface area contributed by atoms with Gasteiger partial charge in [0.25, 0.3) is 0 Å². The van der Waals surface area contributed by atoms with E-state index in [9.17, 15) is 4.79 Å². The first-order valence-corrected chi connectivity index (χ1v) is 7.65. The van der Waals surface area contributed by atoms with Gasteiger partial charge in [0.15, 0.2) is 0 Å². The molecule has 0 spiro atoms. The van der Waals surface area contributed by atoms with Crippen molar-refractivity contribution in [1.29, 1.82) is 0 Å². The van der Waals surface area contributed by atoms with Crippen molar-refractivity contribution in [3.63, 3.8) is 0 Å². The number of amides is 1. The van der Waals surface area contributed by atoms with E-state index in [4.69, 9.17) is 4.74 Å². The number of likely N-dealkylation sites (tertiary alicyclic amines) is 1. The highest BCUT2D eigenvalue weighted by Gasteiger charge is 2.29. The maximum atomic E-state index is 12.1. The Morgan fingerprint density at radius 2 is 2.14 bits per heavy atom. The van der Waals surface area contributed by atoms with Gasteiger partial charge in [-0.15, -0.1) is 0 Å². The van der Waals surface area contributed by atoms with Gasteiger partial charge < -0.3 is 9.64 Å². The van der Waals surface area contributed by atoms with Crippen LogP contribution in [0.2, 0.25) is 0 Å². The van der Waals surface area contributed by atoms with Gasteiger partial charge in [0.1, 0.15) is 5.60 Å². The number of nitrogens with zero attached hydrogens (tertiary/aromatic N) is 2. The van der Waals surface area contributed by atoms with Crippen LogP contribution in [0.1, 0.15) is 44.0 Å². The van der Waals surface area contributed by atoms with E-state index in [-0.39, 0.29) is 6.09 Å². The topological polar surface area (TPSA) is 42.4 Å². The Labute approximate surface area is 127 Å². The number of hydrogen-bond acceptors (Lipinski definition) is 3. The maximum absolute atomic E-state index is 12.1. The second kappa shape index (κ2) is 6.04. The minimum Gasteiger partial charge on any atom is -0.444 e. The summed E-state index contributed by atoms with van der Waals surface area (Å²) in [7, 11) is 0. The van der Waals surface area contributed by atoms with Crippen LogP contribution in [-0.4, -0.2) is 34.7 Å². The Morgan fingerprint density at radius 3 is 2.81 bits per heavy atom. The lowest BCUT2D eigenvalue weighted by Gasteiger charge is -2.24. The molecule has 0 bridgehead atoms. The van der Waals surface area contributed by atoms with Crippen LogP contribution < -0.4 is 0 Å². The lowest BCUT2D eigenvalue weighted by Crippen LogP contribution is -2.35. The number of aryl methyl sites for hydroxylation is 1. The second-order valence-corrected chi connectivity index (χ2v) is 6.97. The molecule has 21 heavy (non-hydrogen) atoms. The van der Waals surface area contributed by atoms with Gasteiger partial charge in [-0.2, -0.15) is 0 Å². The van der Waals surface area contributed by atoms with Gasteiger partial charge in [-0.1, -0.05) is 0 Å². The zero-order chi connectivity index (χ0) is 15.6. The van der Waals surface area contributed by atoms with E-state index >= 15 is 0 Å². The molecule has 1 aromatic heterocycles. The van der Waals surface area contributed by atoms with Gasteiger partial charge in [0.2, 0.25) is 0 Å². The van der Waals surface area contributed by atoms with Crippen molar-refractivity contribution in [2.24, 2.45) is 5.92 Å². The summed E-state index contributed by atoms with van der Waals surface area (Å²) in [5.41, 5.74) is 3.29. The molecular formula is C17H26N2O2. The van der Waals surface area contributed by atoms with Crippen LogP contribution >= 0.6 is 0 Å². The predicted molar refractivity (Wildman–Crippen MR) is 83.3 cm³/mol. The van der Waals surface area contributed by atoms with E-state index in [0.717, 1.165) is 31.6 Å².